The lowest BCUT2D eigenvalue weighted by Crippen LogP contribution is -2.38. The van der Waals surface area contributed by atoms with Gasteiger partial charge in [0.15, 0.2) is 12.4 Å². The molecule has 1 unspecified atom stereocenters. The second-order valence-corrected chi connectivity index (χ2v) is 6.35. The minimum absolute atomic E-state index is 0.0692. The third-order valence-corrected chi connectivity index (χ3v) is 4.04. The summed E-state index contributed by atoms with van der Waals surface area (Å²) in [6.07, 6.45) is 1.67. The van der Waals surface area contributed by atoms with Gasteiger partial charge in [-0.3, -0.25) is 9.78 Å². The first kappa shape index (κ1) is 17.2. The Morgan fingerprint density at radius 3 is 3.05 bits per heavy atom. The van der Waals surface area contributed by atoms with Gasteiger partial charge in [-0.15, -0.1) is 0 Å². The fourth-order valence-corrected chi connectivity index (χ4v) is 3.20. The van der Waals surface area contributed by atoms with Crippen molar-refractivity contribution < 1.29 is 14.3 Å². The number of fused-ring (bicyclic) bond motifs is 1. The van der Waals surface area contributed by atoms with Crippen molar-refractivity contribution >= 4 is 51.0 Å². The maximum Gasteiger partial charge on any atom is 0.258 e. The normalized spacial score (nSPS) is 12.2. The Bertz CT molecular complexity index is 681. The molecule has 0 saturated heterocycles. The summed E-state index contributed by atoms with van der Waals surface area (Å²) in [7, 11) is 1.59. The van der Waals surface area contributed by atoms with Gasteiger partial charge in [0.25, 0.3) is 5.91 Å². The van der Waals surface area contributed by atoms with Gasteiger partial charge in [-0.05, 0) is 47.7 Å². The number of aromatic nitrogens is 1. The van der Waals surface area contributed by atoms with E-state index in [0.717, 1.165) is 8.96 Å². The predicted molar refractivity (Wildman–Crippen MR) is 94.4 cm³/mol. The van der Waals surface area contributed by atoms with E-state index in [1.165, 1.54) is 0 Å². The zero-order chi connectivity index (χ0) is 16.1. The summed E-state index contributed by atoms with van der Waals surface area (Å²) in [6, 6.07) is 5.41. The van der Waals surface area contributed by atoms with Crippen LogP contribution in [0.5, 0.6) is 5.75 Å². The number of hydrogen-bond donors (Lipinski definition) is 1. The van der Waals surface area contributed by atoms with Crippen molar-refractivity contribution in [2.24, 2.45) is 0 Å². The van der Waals surface area contributed by atoms with Gasteiger partial charge in [-0.2, -0.15) is 0 Å². The van der Waals surface area contributed by atoms with Crippen LogP contribution in [0.4, 0.5) is 0 Å². The van der Waals surface area contributed by atoms with Crippen LogP contribution in [0, 0.1) is 3.57 Å². The predicted octanol–water partition coefficient (Wildman–Crippen LogP) is 3.02. The highest BCUT2D eigenvalue weighted by molar-refractivity contribution is 14.1. The summed E-state index contributed by atoms with van der Waals surface area (Å²) < 4.78 is 11.5. The highest BCUT2D eigenvalue weighted by Gasteiger charge is 2.14. The molecule has 7 heteroatoms. The average molecular weight is 435 g/mol. The number of pyridine rings is 1. The molecule has 118 valence electrons. The van der Waals surface area contributed by atoms with Crippen molar-refractivity contribution in [2.45, 2.75) is 13.0 Å². The second kappa shape index (κ2) is 7.94. The van der Waals surface area contributed by atoms with Crippen LogP contribution < -0.4 is 10.1 Å². The number of benzene rings is 1. The molecule has 1 N–H and O–H groups in total. The number of ether oxygens (including phenoxy) is 2. The number of amides is 1. The molecule has 0 saturated carbocycles. The summed E-state index contributed by atoms with van der Waals surface area (Å²) in [6.45, 7) is 2.23. The number of carbonyl (C=O) groups is 1. The number of methoxy groups -OCH3 is 1. The van der Waals surface area contributed by atoms with Crippen LogP contribution in [0.25, 0.3) is 10.9 Å². The fraction of sp³-hybridized carbons (Fsp3) is 0.333. The molecule has 22 heavy (non-hydrogen) atoms. The van der Waals surface area contributed by atoms with Gasteiger partial charge in [-0.25, -0.2) is 0 Å². The first-order chi connectivity index (χ1) is 10.5. The third-order valence-electron chi connectivity index (χ3n) is 2.92. The lowest BCUT2D eigenvalue weighted by atomic mass is 10.2. The number of nitrogens with one attached hydrogen (secondary N) is 1. The molecule has 2 aromatic rings. The monoisotopic (exact) mass is 434 g/mol. The number of carbonyl (C=O) groups excluding carboxylic acids is 1. The van der Waals surface area contributed by atoms with E-state index in [-0.39, 0.29) is 18.6 Å². The average Bonchev–Trinajstić information content (AvgIpc) is 2.47. The highest BCUT2D eigenvalue weighted by atomic mass is 127. The molecular formula is C15H16ClIN2O3. The van der Waals surface area contributed by atoms with Crippen molar-refractivity contribution in [3.05, 3.63) is 33.0 Å². The highest BCUT2D eigenvalue weighted by Crippen LogP contribution is 2.34. The maximum absolute atomic E-state index is 11.9. The maximum atomic E-state index is 11.9. The lowest BCUT2D eigenvalue weighted by molar-refractivity contribution is -0.124. The van der Waals surface area contributed by atoms with Crippen molar-refractivity contribution in [3.8, 4) is 5.75 Å². The molecule has 0 aliphatic heterocycles. The molecule has 1 aromatic heterocycles. The van der Waals surface area contributed by atoms with Crippen LogP contribution in [-0.2, 0) is 9.53 Å². The Morgan fingerprint density at radius 1 is 1.55 bits per heavy atom. The SMILES string of the molecule is COCC(C)NC(=O)COc1c(I)cc(Cl)c2cccnc12. The van der Waals surface area contributed by atoms with E-state index in [9.17, 15) is 4.79 Å². The van der Waals surface area contributed by atoms with E-state index in [1.807, 2.05) is 19.1 Å². The van der Waals surface area contributed by atoms with Crippen molar-refractivity contribution in [2.75, 3.05) is 20.3 Å². The molecule has 0 aliphatic rings. The number of rotatable bonds is 6. The minimum Gasteiger partial charge on any atom is -0.480 e. The molecule has 0 radical (unpaired) electrons. The summed E-state index contributed by atoms with van der Waals surface area (Å²) in [4.78, 5) is 16.2. The molecule has 0 bridgehead atoms. The Morgan fingerprint density at radius 2 is 2.32 bits per heavy atom. The molecule has 1 amide bonds. The number of nitrogens with zero attached hydrogens (tertiary/aromatic N) is 1. The van der Waals surface area contributed by atoms with Gasteiger partial charge in [0, 0.05) is 24.7 Å². The zero-order valence-corrected chi connectivity index (χ0v) is 15.1. The van der Waals surface area contributed by atoms with Crippen LogP contribution in [0.1, 0.15) is 6.92 Å². The van der Waals surface area contributed by atoms with Gasteiger partial charge in [0.1, 0.15) is 5.52 Å². The van der Waals surface area contributed by atoms with Gasteiger partial charge >= 0.3 is 0 Å². The van der Waals surface area contributed by atoms with Gasteiger partial charge in [0.05, 0.1) is 15.2 Å². The molecule has 0 spiro atoms. The topological polar surface area (TPSA) is 60.5 Å². The van der Waals surface area contributed by atoms with Crippen LogP contribution in [0.15, 0.2) is 24.4 Å². The summed E-state index contributed by atoms with van der Waals surface area (Å²) in [5.41, 5.74) is 0.650. The van der Waals surface area contributed by atoms with E-state index in [4.69, 9.17) is 21.1 Å². The summed E-state index contributed by atoms with van der Waals surface area (Å²) >= 11 is 8.33. The number of halogens is 2. The minimum atomic E-state index is -0.209. The van der Waals surface area contributed by atoms with E-state index < -0.39 is 0 Å². The molecule has 1 atom stereocenters. The van der Waals surface area contributed by atoms with Crippen molar-refractivity contribution in [3.63, 3.8) is 0 Å². The van der Waals surface area contributed by atoms with E-state index in [2.05, 4.69) is 32.9 Å². The van der Waals surface area contributed by atoms with Crippen LogP contribution in [0.2, 0.25) is 5.02 Å². The molecule has 0 aliphatic carbocycles. The first-order valence-electron chi connectivity index (χ1n) is 6.66. The van der Waals surface area contributed by atoms with Crippen LogP contribution in [0.3, 0.4) is 0 Å². The van der Waals surface area contributed by atoms with Crippen LogP contribution in [-0.4, -0.2) is 37.3 Å². The molecule has 1 heterocycles. The third kappa shape index (κ3) is 4.21. The van der Waals surface area contributed by atoms with Crippen molar-refractivity contribution in [1.82, 2.24) is 10.3 Å². The Kier molecular flexibility index (Phi) is 6.22. The molecule has 0 fully saturated rings. The second-order valence-electron chi connectivity index (χ2n) is 4.78. The Balaban J connectivity index is 2.13. The summed E-state index contributed by atoms with van der Waals surface area (Å²) in [5.74, 6) is 0.356. The van der Waals surface area contributed by atoms with Gasteiger partial charge in [-0.1, -0.05) is 11.6 Å². The first-order valence-corrected chi connectivity index (χ1v) is 8.12. The Labute approximate surface area is 147 Å². The zero-order valence-electron chi connectivity index (χ0n) is 12.2. The lowest BCUT2D eigenvalue weighted by Gasteiger charge is -2.15. The van der Waals surface area contributed by atoms with E-state index in [0.29, 0.717) is 22.9 Å². The molecule has 2 rings (SSSR count). The molecular weight excluding hydrogens is 419 g/mol. The standard InChI is InChI=1S/C15H16ClIN2O3/c1-9(7-21-2)19-13(20)8-22-15-12(17)6-11(16)10-4-3-5-18-14(10)15/h3-6,9H,7-8H2,1-2H3,(H,19,20). The quantitative estimate of drug-likeness (QED) is 0.710. The summed E-state index contributed by atoms with van der Waals surface area (Å²) in [5, 5.41) is 4.20. The van der Waals surface area contributed by atoms with Gasteiger partial charge < -0.3 is 14.8 Å². The largest absolute Gasteiger partial charge is 0.480 e. The molecule has 5 nitrogen and oxygen atoms in total. The van der Waals surface area contributed by atoms with Crippen LogP contribution >= 0.6 is 34.2 Å². The molecule has 1 aromatic carbocycles. The number of hydrogen-bond acceptors (Lipinski definition) is 4. The van der Waals surface area contributed by atoms with Gasteiger partial charge in [0.2, 0.25) is 0 Å². The van der Waals surface area contributed by atoms with E-state index in [1.54, 1.807) is 19.4 Å². The smallest absolute Gasteiger partial charge is 0.258 e. The van der Waals surface area contributed by atoms with E-state index >= 15 is 0 Å². The van der Waals surface area contributed by atoms with Crippen molar-refractivity contribution in [1.29, 1.82) is 0 Å². The Hall–Kier alpha value is -1.12. The fourth-order valence-electron chi connectivity index (χ4n) is 2.03.